The van der Waals surface area contributed by atoms with Crippen LogP contribution in [0.1, 0.15) is 10.4 Å². The highest BCUT2D eigenvalue weighted by molar-refractivity contribution is 7.99. The number of thioether (sulfide) groups is 1. The summed E-state index contributed by atoms with van der Waals surface area (Å²) in [5.74, 6) is 0.301. The molecule has 0 amide bonds. The Morgan fingerprint density at radius 1 is 1.26 bits per heavy atom. The molecule has 0 atom stereocenters. The van der Waals surface area contributed by atoms with Gasteiger partial charge in [-0.1, -0.05) is 41.6 Å². The molecule has 114 valence electrons. The Balaban J connectivity index is 1.54. The summed E-state index contributed by atoms with van der Waals surface area (Å²) in [5.41, 5.74) is 3.00. The number of halogens is 1. The molecule has 4 rings (SSSR count). The molecule has 0 aliphatic rings. The van der Waals surface area contributed by atoms with Crippen LogP contribution in [0, 0.1) is 0 Å². The van der Waals surface area contributed by atoms with E-state index in [1.807, 2.05) is 24.3 Å². The summed E-state index contributed by atoms with van der Waals surface area (Å²) in [4.78, 5) is 19.9. The SMILES string of the molecule is O=C(CSc1nc2ccc(Cl)cc2o1)c1c[nH]c2ccccc12. The van der Waals surface area contributed by atoms with Gasteiger partial charge in [0, 0.05) is 33.8 Å². The molecule has 4 aromatic rings. The van der Waals surface area contributed by atoms with Crippen LogP contribution in [0.5, 0.6) is 0 Å². The molecule has 2 aromatic heterocycles. The number of carbonyl (C=O) groups excluding carboxylic acids is 1. The van der Waals surface area contributed by atoms with Crippen LogP contribution in [0.3, 0.4) is 0 Å². The number of nitrogens with zero attached hydrogens (tertiary/aromatic N) is 1. The zero-order chi connectivity index (χ0) is 15.8. The van der Waals surface area contributed by atoms with Crippen LogP contribution in [-0.2, 0) is 0 Å². The second-order valence-corrected chi connectivity index (χ2v) is 6.41. The summed E-state index contributed by atoms with van der Waals surface area (Å²) in [6.07, 6.45) is 1.75. The van der Waals surface area contributed by atoms with Crippen molar-refractivity contribution in [3.63, 3.8) is 0 Å². The van der Waals surface area contributed by atoms with Crippen molar-refractivity contribution in [2.75, 3.05) is 5.75 Å². The molecule has 0 saturated carbocycles. The number of H-pyrrole nitrogens is 1. The van der Waals surface area contributed by atoms with Crippen molar-refractivity contribution >= 4 is 51.1 Å². The molecule has 1 N–H and O–H groups in total. The first-order valence-electron chi connectivity index (χ1n) is 6.99. The average molecular weight is 343 g/mol. The molecule has 0 aliphatic carbocycles. The van der Waals surface area contributed by atoms with Gasteiger partial charge in [0.2, 0.25) is 0 Å². The lowest BCUT2D eigenvalue weighted by Crippen LogP contribution is -2.01. The van der Waals surface area contributed by atoms with E-state index >= 15 is 0 Å². The highest BCUT2D eigenvalue weighted by atomic mass is 35.5. The van der Waals surface area contributed by atoms with Crippen molar-refractivity contribution < 1.29 is 9.21 Å². The van der Waals surface area contributed by atoms with E-state index < -0.39 is 0 Å². The minimum Gasteiger partial charge on any atom is -0.431 e. The van der Waals surface area contributed by atoms with Crippen LogP contribution < -0.4 is 0 Å². The van der Waals surface area contributed by atoms with E-state index in [0.717, 1.165) is 16.4 Å². The van der Waals surface area contributed by atoms with E-state index in [4.69, 9.17) is 16.0 Å². The standard InChI is InChI=1S/C17H11ClN2O2S/c18-10-5-6-14-16(7-10)22-17(20-14)23-9-15(21)12-8-19-13-4-2-1-3-11(12)13/h1-8,19H,9H2. The Kier molecular flexibility index (Phi) is 3.59. The van der Waals surface area contributed by atoms with Crippen molar-refractivity contribution in [1.82, 2.24) is 9.97 Å². The fourth-order valence-electron chi connectivity index (χ4n) is 2.45. The van der Waals surface area contributed by atoms with Gasteiger partial charge in [0.1, 0.15) is 5.52 Å². The quantitative estimate of drug-likeness (QED) is 0.421. The second-order valence-electron chi connectivity index (χ2n) is 5.05. The topological polar surface area (TPSA) is 58.9 Å². The van der Waals surface area contributed by atoms with Crippen LogP contribution in [0.4, 0.5) is 0 Å². The molecule has 0 unspecified atom stereocenters. The van der Waals surface area contributed by atoms with Gasteiger partial charge in [0.25, 0.3) is 5.22 Å². The average Bonchev–Trinajstić information content (AvgIpc) is 3.15. The maximum Gasteiger partial charge on any atom is 0.257 e. The molecule has 0 fully saturated rings. The molecule has 0 aliphatic heterocycles. The lowest BCUT2D eigenvalue weighted by molar-refractivity contribution is 0.102. The molecule has 0 spiro atoms. The van der Waals surface area contributed by atoms with Gasteiger partial charge in [0.15, 0.2) is 11.4 Å². The van der Waals surface area contributed by atoms with Gasteiger partial charge in [-0.3, -0.25) is 4.79 Å². The molecule has 0 radical (unpaired) electrons. The van der Waals surface area contributed by atoms with E-state index in [1.54, 1.807) is 24.4 Å². The fraction of sp³-hybridized carbons (Fsp3) is 0.0588. The first-order valence-corrected chi connectivity index (χ1v) is 8.35. The number of benzene rings is 2. The zero-order valence-electron chi connectivity index (χ0n) is 11.9. The van der Waals surface area contributed by atoms with E-state index in [9.17, 15) is 4.79 Å². The van der Waals surface area contributed by atoms with Crippen molar-refractivity contribution in [2.45, 2.75) is 5.22 Å². The summed E-state index contributed by atoms with van der Waals surface area (Å²) in [7, 11) is 0. The molecule has 0 saturated heterocycles. The third-order valence-corrected chi connectivity index (χ3v) is 4.61. The Morgan fingerprint density at radius 2 is 2.13 bits per heavy atom. The van der Waals surface area contributed by atoms with Gasteiger partial charge in [-0.2, -0.15) is 0 Å². The van der Waals surface area contributed by atoms with Crippen LogP contribution in [-0.4, -0.2) is 21.5 Å². The Bertz CT molecular complexity index is 1020. The predicted octanol–water partition coefficient (Wildman–Crippen LogP) is 4.94. The number of Topliss-reactive ketones (excluding diaryl/α,β-unsaturated/α-hetero) is 1. The van der Waals surface area contributed by atoms with Crippen molar-refractivity contribution in [2.24, 2.45) is 0 Å². The van der Waals surface area contributed by atoms with Crippen LogP contribution in [0.25, 0.3) is 22.0 Å². The van der Waals surface area contributed by atoms with Gasteiger partial charge < -0.3 is 9.40 Å². The molecule has 2 aromatic carbocycles. The maximum absolute atomic E-state index is 12.4. The number of rotatable bonds is 4. The largest absolute Gasteiger partial charge is 0.431 e. The van der Waals surface area contributed by atoms with Gasteiger partial charge in [-0.15, -0.1) is 0 Å². The van der Waals surface area contributed by atoms with Crippen molar-refractivity contribution in [1.29, 1.82) is 0 Å². The highest BCUT2D eigenvalue weighted by Crippen LogP contribution is 2.27. The van der Waals surface area contributed by atoms with Crippen molar-refractivity contribution in [3.05, 3.63) is 59.2 Å². The van der Waals surface area contributed by atoms with Crippen molar-refractivity contribution in [3.8, 4) is 0 Å². The van der Waals surface area contributed by atoms with Crippen LogP contribution in [0.15, 0.2) is 58.3 Å². The molecule has 23 heavy (non-hydrogen) atoms. The number of aromatic nitrogens is 2. The highest BCUT2D eigenvalue weighted by Gasteiger charge is 2.14. The fourth-order valence-corrected chi connectivity index (χ4v) is 3.33. The van der Waals surface area contributed by atoms with Crippen LogP contribution in [0.2, 0.25) is 5.02 Å². The molecule has 0 bridgehead atoms. The Morgan fingerprint density at radius 3 is 3.04 bits per heavy atom. The third kappa shape index (κ3) is 2.73. The second kappa shape index (κ2) is 5.76. The smallest absolute Gasteiger partial charge is 0.257 e. The normalized spacial score (nSPS) is 11.3. The Labute approximate surface area is 140 Å². The van der Waals surface area contributed by atoms with E-state index in [2.05, 4.69) is 9.97 Å². The number of para-hydroxylation sites is 1. The monoisotopic (exact) mass is 342 g/mol. The van der Waals surface area contributed by atoms with Gasteiger partial charge in [0.05, 0.1) is 5.75 Å². The summed E-state index contributed by atoms with van der Waals surface area (Å²) >= 11 is 7.21. The zero-order valence-corrected chi connectivity index (χ0v) is 13.4. The lowest BCUT2D eigenvalue weighted by Gasteiger charge is -1.97. The first kappa shape index (κ1) is 14.4. The molecular formula is C17H11ClN2O2S. The molecular weight excluding hydrogens is 332 g/mol. The number of carbonyl (C=O) groups is 1. The number of aromatic amines is 1. The van der Waals surface area contributed by atoms with Crippen LogP contribution >= 0.6 is 23.4 Å². The number of hydrogen-bond donors (Lipinski definition) is 1. The van der Waals surface area contributed by atoms with Gasteiger partial charge in [-0.05, 0) is 18.2 Å². The summed E-state index contributed by atoms with van der Waals surface area (Å²) in [5, 5.41) is 2.00. The number of hydrogen-bond acceptors (Lipinski definition) is 4. The molecule has 6 heteroatoms. The van der Waals surface area contributed by atoms with Gasteiger partial charge >= 0.3 is 0 Å². The van der Waals surface area contributed by atoms with E-state index in [1.165, 1.54) is 11.8 Å². The third-order valence-electron chi connectivity index (χ3n) is 3.55. The maximum atomic E-state index is 12.4. The van der Waals surface area contributed by atoms with E-state index in [-0.39, 0.29) is 11.5 Å². The number of ketones is 1. The summed E-state index contributed by atoms with van der Waals surface area (Å²) in [6, 6.07) is 13.0. The minimum atomic E-state index is 0.0349. The number of fused-ring (bicyclic) bond motifs is 2. The minimum absolute atomic E-state index is 0.0349. The van der Waals surface area contributed by atoms with Gasteiger partial charge in [-0.25, -0.2) is 4.98 Å². The summed E-state index contributed by atoms with van der Waals surface area (Å²) in [6.45, 7) is 0. The Hall–Kier alpha value is -2.24. The molecule has 2 heterocycles. The number of oxazole rings is 1. The first-order chi connectivity index (χ1) is 11.2. The van der Waals surface area contributed by atoms with E-state index in [0.29, 0.717) is 21.4 Å². The number of nitrogens with one attached hydrogen (secondary N) is 1. The predicted molar refractivity (Wildman–Crippen MR) is 92.4 cm³/mol. The lowest BCUT2D eigenvalue weighted by atomic mass is 10.1. The summed E-state index contributed by atoms with van der Waals surface area (Å²) < 4.78 is 5.61. The molecule has 4 nitrogen and oxygen atoms in total.